The Morgan fingerprint density at radius 1 is 1.07 bits per heavy atom. The number of rotatable bonds is 2. The third kappa shape index (κ3) is 1.00. The van der Waals surface area contributed by atoms with Crippen LogP contribution in [-0.4, -0.2) is 0 Å². The van der Waals surface area contributed by atoms with Crippen molar-refractivity contribution in [2.45, 2.75) is 6.42 Å². The first-order valence-corrected chi connectivity index (χ1v) is 5.56. The first-order valence-electron chi connectivity index (χ1n) is 5.56. The van der Waals surface area contributed by atoms with Gasteiger partial charge >= 0.3 is 0 Å². The van der Waals surface area contributed by atoms with E-state index < -0.39 is 0 Å². The Morgan fingerprint density at radius 3 is 2.79 bits per heavy atom. The molecule has 0 spiro atoms. The quantitative estimate of drug-likeness (QED) is 0.456. The van der Waals surface area contributed by atoms with E-state index in [-0.39, 0.29) is 0 Å². The fourth-order valence-corrected chi connectivity index (χ4v) is 3.50. The van der Waals surface area contributed by atoms with Crippen LogP contribution in [-0.2, 0) is 0 Å². The minimum Gasteiger partial charge on any atom is -0.0991 e. The Labute approximate surface area is 85.7 Å². The minimum absolute atomic E-state index is 0.665. The molecular formula is C14H16. The van der Waals surface area contributed by atoms with Crippen LogP contribution < -0.4 is 0 Å². The molecule has 0 nitrogen and oxygen atoms in total. The summed E-state index contributed by atoms with van der Waals surface area (Å²) in [7, 11) is 0. The van der Waals surface area contributed by atoms with Gasteiger partial charge in [-0.05, 0) is 36.0 Å². The summed E-state index contributed by atoms with van der Waals surface area (Å²) in [6.07, 6.45) is 17.4. The number of fused-ring (bicyclic) bond motifs is 5. The number of hydrogen-bond acceptors (Lipinski definition) is 0. The highest BCUT2D eigenvalue weighted by Crippen LogP contribution is 2.55. The molecule has 0 aromatic rings. The fourth-order valence-electron chi connectivity index (χ4n) is 3.50. The van der Waals surface area contributed by atoms with Gasteiger partial charge in [0, 0.05) is 0 Å². The highest BCUT2D eigenvalue weighted by molar-refractivity contribution is 5.27. The smallest absolute Gasteiger partial charge is 0.00105 e. The van der Waals surface area contributed by atoms with Crippen LogP contribution in [0.5, 0.6) is 0 Å². The van der Waals surface area contributed by atoms with Crippen LogP contribution in [0.25, 0.3) is 0 Å². The fraction of sp³-hybridized carbons (Fsp3) is 0.429. The van der Waals surface area contributed by atoms with Gasteiger partial charge in [-0.2, -0.15) is 0 Å². The molecule has 0 radical (unpaired) electrons. The van der Waals surface area contributed by atoms with Gasteiger partial charge in [0.25, 0.3) is 0 Å². The molecular weight excluding hydrogens is 168 g/mol. The molecule has 0 amide bonds. The molecule has 0 heteroatoms. The van der Waals surface area contributed by atoms with Gasteiger partial charge < -0.3 is 0 Å². The first kappa shape index (κ1) is 8.28. The van der Waals surface area contributed by atoms with E-state index in [1.807, 2.05) is 6.08 Å². The second kappa shape index (κ2) is 2.98. The summed E-state index contributed by atoms with van der Waals surface area (Å²) >= 11 is 0. The second-order valence-electron chi connectivity index (χ2n) is 4.69. The van der Waals surface area contributed by atoms with E-state index in [0.717, 1.165) is 23.7 Å². The Hall–Kier alpha value is -1.04. The molecule has 0 aromatic carbocycles. The molecule has 72 valence electrons. The third-order valence-corrected chi connectivity index (χ3v) is 4.05. The Morgan fingerprint density at radius 2 is 1.93 bits per heavy atom. The zero-order valence-electron chi connectivity index (χ0n) is 8.34. The van der Waals surface area contributed by atoms with Crippen LogP contribution in [0.2, 0.25) is 0 Å². The lowest BCUT2D eigenvalue weighted by atomic mass is 9.80. The maximum absolute atomic E-state index is 3.73. The lowest BCUT2D eigenvalue weighted by Gasteiger charge is -2.24. The summed E-state index contributed by atoms with van der Waals surface area (Å²) < 4.78 is 0. The predicted molar refractivity (Wildman–Crippen MR) is 59.7 cm³/mol. The van der Waals surface area contributed by atoms with Gasteiger partial charge in [-0.1, -0.05) is 49.1 Å². The lowest BCUT2D eigenvalue weighted by Crippen LogP contribution is -2.19. The maximum Gasteiger partial charge on any atom is -0.00105 e. The Kier molecular flexibility index (Phi) is 1.76. The van der Waals surface area contributed by atoms with Crippen molar-refractivity contribution in [3.05, 3.63) is 49.1 Å². The monoisotopic (exact) mass is 184 g/mol. The lowest BCUT2D eigenvalue weighted by molar-refractivity contribution is 0.347. The summed E-state index contributed by atoms with van der Waals surface area (Å²) in [5, 5.41) is 0. The molecule has 3 aliphatic carbocycles. The Balaban J connectivity index is 1.85. The molecule has 5 unspecified atom stereocenters. The zero-order chi connectivity index (χ0) is 9.54. The van der Waals surface area contributed by atoms with Crippen molar-refractivity contribution in [1.29, 1.82) is 0 Å². The van der Waals surface area contributed by atoms with Crippen LogP contribution in [0, 0.1) is 29.6 Å². The van der Waals surface area contributed by atoms with Gasteiger partial charge in [-0.25, -0.2) is 0 Å². The van der Waals surface area contributed by atoms with Crippen molar-refractivity contribution in [3.8, 4) is 0 Å². The second-order valence-corrected chi connectivity index (χ2v) is 4.69. The molecule has 0 saturated heterocycles. The summed E-state index contributed by atoms with van der Waals surface area (Å²) in [6, 6.07) is 0. The van der Waals surface area contributed by atoms with Crippen LogP contribution in [0.1, 0.15) is 6.42 Å². The van der Waals surface area contributed by atoms with Gasteiger partial charge in [0.1, 0.15) is 0 Å². The molecule has 14 heavy (non-hydrogen) atoms. The van der Waals surface area contributed by atoms with Crippen molar-refractivity contribution < 1.29 is 0 Å². The normalized spacial score (nSPS) is 47.9. The third-order valence-electron chi connectivity index (χ3n) is 4.05. The maximum atomic E-state index is 3.73. The molecule has 3 rings (SSSR count). The predicted octanol–water partition coefficient (Wildman–Crippen LogP) is 3.35. The van der Waals surface area contributed by atoms with Crippen LogP contribution in [0.4, 0.5) is 0 Å². The van der Waals surface area contributed by atoms with Crippen LogP contribution >= 0.6 is 0 Å². The highest BCUT2D eigenvalue weighted by atomic mass is 14.5. The van der Waals surface area contributed by atoms with E-state index in [1.165, 1.54) is 6.42 Å². The molecule has 1 fully saturated rings. The van der Waals surface area contributed by atoms with Gasteiger partial charge in [0.15, 0.2) is 0 Å². The molecule has 0 aromatic heterocycles. The van der Waals surface area contributed by atoms with Crippen molar-refractivity contribution in [3.63, 3.8) is 0 Å². The summed E-state index contributed by atoms with van der Waals surface area (Å²) in [5.41, 5.74) is 0. The summed E-state index contributed by atoms with van der Waals surface area (Å²) in [6.45, 7) is 3.73. The van der Waals surface area contributed by atoms with Crippen molar-refractivity contribution in [2.24, 2.45) is 29.6 Å². The molecule has 5 atom stereocenters. The Bertz CT molecular complexity index is 332. The average Bonchev–Trinajstić information content (AvgIpc) is 2.87. The standard InChI is InChI=1S/C14H16/c1-2-3-4-10-7-8-13-11-5-6-12(9-11)14(10)13/h2-8,10-14H,1,9H2. The van der Waals surface area contributed by atoms with E-state index in [9.17, 15) is 0 Å². The van der Waals surface area contributed by atoms with E-state index in [0.29, 0.717) is 5.92 Å². The summed E-state index contributed by atoms with van der Waals surface area (Å²) in [5.74, 6) is 4.06. The molecule has 2 bridgehead atoms. The van der Waals surface area contributed by atoms with E-state index in [4.69, 9.17) is 0 Å². The van der Waals surface area contributed by atoms with Gasteiger partial charge in [-0.3, -0.25) is 0 Å². The number of hydrogen-bond donors (Lipinski definition) is 0. The van der Waals surface area contributed by atoms with Crippen molar-refractivity contribution in [2.75, 3.05) is 0 Å². The van der Waals surface area contributed by atoms with E-state index >= 15 is 0 Å². The topological polar surface area (TPSA) is 0 Å². The molecule has 0 heterocycles. The SMILES string of the molecule is C=CC=CC1C=CC2C3C=CC(C3)C12. The minimum atomic E-state index is 0.665. The first-order chi connectivity index (χ1) is 6.90. The highest BCUT2D eigenvalue weighted by Gasteiger charge is 2.47. The van der Waals surface area contributed by atoms with Crippen molar-refractivity contribution >= 4 is 0 Å². The van der Waals surface area contributed by atoms with Gasteiger partial charge in [0.05, 0.1) is 0 Å². The summed E-state index contributed by atoms with van der Waals surface area (Å²) in [4.78, 5) is 0. The average molecular weight is 184 g/mol. The molecule has 0 aliphatic heterocycles. The van der Waals surface area contributed by atoms with Gasteiger partial charge in [-0.15, -0.1) is 0 Å². The molecule has 1 saturated carbocycles. The van der Waals surface area contributed by atoms with E-state index in [2.05, 4.69) is 43.0 Å². The van der Waals surface area contributed by atoms with Crippen LogP contribution in [0.15, 0.2) is 49.1 Å². The van der Waals surface area contributed by atoms with Crippen molar-refractivity contribution in [1.82, 2.24) is 0 Å². The molecule has 3 aliphatic rings. The van der Waals surface area contributed by atoms with E-state index in [1.54, 1.807) is 0 Å². The number of allylic oxidation sites excluding steroid dienone is 7. The van der Waals surface area contributed by atoms with Gasteiger partial charge in [0.2, 0.25) is 0 Å². The largest absolute Gasteiger partial charge is 0.0991 e. The zero-order valence-corrected chi connectivity index (χ0v) is 8.34. The molecule has 0 N–H and O–H groups in total. The van der Waals surface area contributed by atoms with Crippen LogP contribution in [0.3, 0.4) is 0 Å².